The molecule has 0 bridgehead atoms. The van der Waals surface area contributed by atoms with Crippen molar-refractivity contribution in [2.45, 2.75) is 33.2 Å². The van der Waals surface area contributed by atoms with Crippen LogP contribution in [0.2, 0.25) is 0 Å². The number of ether oxygens (including phenoxy) is 1. The van der Waals surface area contributed by atoms with Crippen molar-refractivity contribution >= 4 is 16.9 Å². The van der Waals surface area contributed by atoms with Gasteiger partial charge in [-0.1, -0.05) is 42.0 Å². The van der Waals surface area contributed by atoms with Crippen LogP contribution in [0, 0.1) is 20.8 Å². The van der Waals surface area contributed by atoms with Crippen LogP contribution in [0.15, 0.2) is 69.9 Å². The highest BCUT2D eigenvalue weighted by Gasteiger charge is 2.42. The minimum Gasteiger partial charge on any atom is -0.497 e. The second-order valence-electron chi connectivity index (χ2n) is 9.02. The third kappa shape index (κ3) is 3.67. The van der Waals surface area contributed by atoms with E-state index in [0.29, 0.717) is 29.5 Å². The zero-order valence-electron chi connectivity index (χ0n) is 19.8. The summed E-state index contributed by atoms with van der Waals surface area (Å²) < 4.78 is 11.4. The van der Waals surface area contributed by atoms with Crippen LogP contribution in [0.5, 0.6) is 5.75 Å². The number of benzene rings is 3. The third-order valence-corrected chi connectivity index (χ3v) is 6.78. The minimum atomic E-state index is -0.483. The van der Waals surface area contributed by atoms with Gasteiger partial charge >= 0.3 is 0 Å². The average molecular weight is 454 g/mol. The van der Waals surface area contributed by atoms with Gasteiger partial charge in [-0.25, -0.2) is 0 Å². The molecule has 1 aromatic heterocycles. The fraction of sp³-hybridized carbons (Fsp3) is 0.241. The molecule has 2 heterocycles. The maximum Gasteiger partial charge on any atom is 0.290 e. The van der Waals surface area contributed by atoms with Gasteiger partial charge in [-0.15, -0.1) is 0 Å². The summed E-state index contributed by atoms with van der Waals surface area (Å²) in [5.74, 6) is 0.699. The van der Waals surface area contributed by atoms with Gasteiger partial charge in [0.15, 0.2) is 5.43 Å². The van der Waals surface area contributed by atoms with Crippen LogP contribution in [0.1, 0.15) is 50.0 Å². The molecule has 5 nitrogen and oxygen atoms in total. The molecule has 0 spiro atoms. The molecule has 0 N–H and O–H groups in total. The number of nitrogens with zero attached hydrogens (tertiary/aromatic N) is 1. The van der Waals surface area contributed by atoms with E-state index in [1.807, 2.05) is 81.4 Å². The monoisotopic (exact) mass is 453 g/mol. The quantitative estimate of drug-likeness (QED) is 0.400. The van der Waals surface area contributed by atoms with E-state index in [1.165, 1.54) is 0 Å². The van der Waals surface area contributed by atoms with E-state index in [9.17, 15) is 9.59 Å². The summed E-state index contributed by atoms with van der Waals surface area (Å²) in [5, 5.41) is 0.517. The van der Waals surface area contributed by atoms with Crippen molar-refractivity contribution in [2.24, 2.45) is 0 Å². The number of methoxy groups -OCH3 is 1. The highest BCUT2D eigenvalue weighted by Crippen LogP contribution is 2.38. The molecule has 4 aromatic rings. The molecule has 0 unspecified atom stereocenters. The number of amides is 1. The second kappa shape index (κ2) is 8.49. The Bertz CT molecular complexity index is 1450. The van der Waals surface area contributed by atoms with Crippen LogP contribution in [0.25, 0.3) is 11.0 Å². The molecular formula is C29H27NO4. The Morgan fingerprint density at radius 1 is 0.912 bits per heavy atom. The molecule has 1 amide bonds. The lowest BCUT2D eigenvalue weighted by Gasteiger charge is -2.25. The van der Waals surface area contributed by atoms with Gasteiger partial charge in [0.1, 0.15) is 11.3 Å². The fourth-order valence-electron chi connectivity index (χ4n) is 4.64. The van der Waals surface area contributed by atoms with Gasteiger partial charge in [-0.05, 0) is 73.7 Å². The zero-order valence-corrected chi connectivity index (χ0v) is 19.8. The molecule has 0 aliphatic carbocycles. The summed E-state index contributed by atoms with van der Waals surface area (Å²) in [4.78, 5) is 29.1. The van der Waals surface area contributed by atoms with Crippen LogP contribution in [-0.2, 0) is 6.42 Å². The van der Waals surface area contributed by atoms with Crippen LogP contribution >= 0.6 is 0 Å². The minimum absolute atomic E-state index is 0.134. The van der Waals surface area contributed by atoms with Crippen LogP contribution in [0.3, 0.4) is 0 Å². The first-order chi connectivity index (χ1) is 16.4. The van der Waals surface area contributed by atoms with Gasteiger partial charge < -0.3 is 14.1 Å². The standard InChI is InChI=1S/C29H27NO4/c1-17-5-9-21(10-6-17)26-25-27(31)23-15-18(2)19(3)16-24(23)34-28(25)29(32)30(26)14-13-20-7-11-22(33-4)12-8-20/h5-12,15-16,26H,13-14H2,1-4H3/t26-/m0/s1. The number of fused-ring (bicyclic) bond motifs is 2. The van der Waals surface area contributed by atoms with Gasteiger partial charge in [0.25, 0.3) is 5.91 Å². The molecule has 3 aromatic carbocycles. The smallest absolute Gasteiger partial charge is 0.290 e. The molecule has 172 valence electrons. The number of hydrogen-bond acceptors (Lipinski definition) is 4. The first-order valence-electron chi connectivity index (χ1n) is 11.5. The molecule has 0 radical (unpaired) electrons. The molecule has 1 aliphatic heterocycles. The summed E-state index contributed by atoms with van der Waals surface area (Å²) in [5.41, 5.74) is 5.91. The zero-order chi connectivity index (χ0) is 24.0. The molecule has 0 fully saturated rings. The normalized spacial score (nSPS) is 15.1. The van der Waals surface area contributed by atoms with Crippen molar-refractivity contribution < 1.29 is 13.9 Å². The number of rotatable bonds is 5. The third-order valence-electron chi connectivity index (χ3n) is 6.78. The van der Waals surface area contributed by atoms with Crippen LogP contribution in [-0.4, -0.2) is 24.5 Å². The van der Waals surface area contributed by atoms with Gasteiger partial charge in [-0.2, -0.15) is 0 Å². The van der Waals surface area contributed by atoms with E-state index in [4.69, 9.17) is 9.15 Å². The second-order valence-corrected chi connectivity index (χ2v) is 9.02. The van der Waals surface area contributed by atoms with Crippen molar-refractivity contribution in [3.63, 3.8) is 0 Å². The van der Waals surface area contributed by atoms with Crippen LogP contribution < -0.4 is 10.2 Å². The molecule has 1 aliphatic rings. The summed E-state index contributed by atoms with van der Waals surface area (Å²) in [6.45, 7) is 6.43. The van der Waals surface area contributed by atoms with Crippen molar-refractivity contribution in [2.75, 3.05) is 13.7 Å². The Morgan fingerprint density at radius 3 is 2.26 bits per heavy atom. The van der Waals surface area contributed by atoms with Gasteiger partial charge in [0.2, 0.25) is 5.76 Å². The maximum atomic E-state index is 13.7. The number of hydrogen-bond donors (Lipinski definition) is 0. The SMILES string of the molecule is COc1ccc(CCN2C(=O)c3oc4cc(C)c(C)cc4c(=O)c3[C@@H]2c2ccc(C)cc2)cc1. The molecule has 5 rings (SSSR count). The Balaban J connectivity index is 1.61. The lowest BCUT2D eigenvalue weighted by Crippen LogP contribution is -2.31. The summed E-state index contributed by atoms with van der Waals surface area (Å²) in [7, 11) is 1.64. The predicted molar refractivity (Wildman–Crippen MR) is 133 cm³/mol. The van der Waals surface area contributed by atoms with Crippen molar-refractivity contribution in [1.29, 1.82) is 0 Å². The number of carbonyl (C=O) groups excluding carboxylic acids is 1. The van der Waals surface area contributed by atoms with E-state index < -0.39 is 6.04 Å². The molecular weight excluding hydrogens is 426 g/mol. The largest absolute Gasteiger partial charge is 0.497 e. The lowest BCUT2D eigenvalue weighted by atomic mass is 9.96. The molecule has 1 atom stereocenters. The fourth-order valence-corrected chi connectivity index (χ4v) is 4.64. The molecule has 34 heavy (non-hydrogen) atoms. The van der Waals surface area contributed by atoms with E-state index in [-0.39, 0.29) is 17.1 Å². The van der Waals surface area contributed by atoms with Crippen LogP contribution in [0.4, 0.5) is 0 Å². The van der Waals surface area contributed by atoms with Gasteiger partial charge in [0, 0.05) is 6.54 Å². The van der Waals surface area contributed by atoms with Gasteiger partial charge in [-0.3, -0.25) is 9.59 Å². The summed E-state index contributed by atoms with van der Waals surface area (Å²) in [6.07, 6.45) is 0.651. The van der Waals surface area contributed by atoms with E-state index in [1.54, 1.807) is 12.0 Å². The molecule has 5 heteroatoms. The first kappa shape index (κ1) is 22.0. The Labute approximate surface area is 198 Å². The Hall–Kier alpha value is -3.86. The van der Waals surface area contributed by atoms with Gasteiger partial charge in [0.05, 0.1) is 24.1 Å². The Kier molecular flexibility index (Phi) is 5.48. The van der Waals surface area contributed by atoms with Crippen molar-refractivity contribution in [1.82, 2.24) is 4.90 Å². The van der Waals surface area contributed by atoms with E-state index >= 15 is 0 Å². The number of aryl methyl sites for hydroxylation is 3. The Morgan fingerprint density at radius 2 is 1.59 bits per heavy atom. The summed E-state index contributed by atoms with van der Waals surface area (Å²) >= 11 is 0. The van der Waals surface area contributed by atoms with Crippen molar-refractivity contribution in [3.8, 4) is 5.75 Å². The highest BCUT2D eigenvalue weighted by atomic mass is 16.5. The topological polar surface area (TPSA) is 59.8 Å². The predicted octanol–water partition coefficient (Wildman–Crippen LogP) is 5.51. The molecule has 0 saturated heterocycles. The summed E-state index contributed by atoms with van der Waals surface area (Å²) in [6, 6.07) is 19.1. The maximum absolute atomic E-state index is 13.7. The first-order valence-corrected chi connectivity index (χ1v) is 11.5. The molecule has 0 saturated carbocycles. The van der Waals surface area contributed by atoms with E-state index in [2.05, 4.69) is 0 Å². The van der Waals surface area contributed by atoms with E-state index in [0.717, 1.165) is 33.6 Å². The lowest BCUT2D eigenvalue weighted by molar-refractivity contribution is 0.0730. The average Bonchev–Trinajstić information content (AvgIpc) is 3.11. The highest BCUT2D eigenvalue weighted by molar-refractivity contribution is 5.99. The number of carbonyl (C=O) groups is 1. The van der Waals surface area contributed by atoms with Crippen molar-refractivity contribution in [3.05, 3.63) is 110 Å².